The maximum Gasteiger partial charge on any atom is -0.0348 e. The van der Waals surface area contributed by atoms with E-state index in [2.05, 4.69) is 38.7 Å². The van der Waals surface area contributed by atoms with Crippen LogP contribution in [0.1, 0.15) is 40.0 Å². The van der Waals surface area contributed by atoms with E-state index in [1.54, 1.807) is 0 Å². The second-order valence-corrected chi connectivity index (χ2v) is 3.28. The van der Waals surface area contributed by atoms with Crippen molar-refractivity contribution in [2.24, 2.45) is 0 Å². The Morgan fingerprint density at radius 3 is 2.50 bits per heavy atom. The number of hydrogen-bond donors (Lipinski definition) is 0. The lowest BCUT2D eigenvalue weighted by Crippen LogP contribution is -1.71. The third-order valence-electron chi connectivity index (χ3n) is 1.58. The van der Waals surface area contributed by atoms with Crippen LogP contribution in [0.3, 0.4) is 0 Å². The van der Waals surface area contributed by atoms with E-state index in [0.29, 0.717) is 0 Å². The Labute approximate surface area is 76.7 Å². The number of allylic oxidation sites excluding steroid dienone is 5. The highest BCUT2D eigenvalue weighted by Gasteiger charge is 1.82. The first-order chi connectivity index (χ1) is 5.66. The van der Waals surface area contributed by atoms with Gasteiger partial charge in [-0.05, 0) is 20.3 Å². The van der Waals surface area contributed by atoms with E-state index >= 15 is 0 Å². The molecule has 0 radical (unpaired) electrons. The highest BCUT2D eigenvalue weighted by atomic mass is 13.9. The lowest BCUT2D eigenvalue weighted by atomic mass is 10.1. The van der Waals surface area contributed by atoms with Gasteiger partial charge in [0.25, 0.3) is 0 Å². The Balaban J connectivity index is 3.74. The molecule has 0 heterocycles. The molecule has 0 saturated carbocycles. The van der Waals surface area contributed by atoms with Gasteiger partial charge in [-0.3, -0.25) is 0 Å². The van der Waals surface area contributed by atoms with Gasteiger partial charge in [-0.1, -0.05) is 55.7 Å². The molecule has 0 rings (SSSR count). The molecule has 0 aliphatic carbocycles. The molecule has 68 valence electrons. The van der Waals surface area contributed by atoms with Crippen molar-refractivity contribution < 1.29 is 0 Å². The van der Waals surface area contributed by atoms with Gasteiger partial charge in [-0.25, -0.2) is 0 Å². The summed E-state index contributed by atoms with van der Waals surface area (Å²) in [6.07, 6.45) is 10.3. The van der Waals surface area contributed by atoms with Crippen LogP contribution in [-0.2, 0) is 0 Å². The average molecular weight is 164 g/mol. The summed E-state index contributed by atoms with van der Waals surface area (Å²) in [4.78, 5) is 0. The quantitative estimate of drug-likeness (QED) is 0.421. The summed E-state index contributed by atoms with van der Waals surface area (Å²) >= 11 is 0. The molecule has 0 fully saturated rings. The van der Waals surface area contributed by atoms with Crippen molar-refractivity contribution in [3.05, 3.63) is 36.0 Å². The monoisotopic (exact) mass is 164 g/mol. The van der Waals surface area contributed by atoms with Gasteiger partial charge in [0.05, 0.1) is 0 Å². The minimum absolute atomic E-state index is 1.12. The van der Waals surface area contributed by atoms with E-state index in [9.17, 15) is 0 Å². The third kappa shape index (κ3) is 7.33. The van der Waals surface area contributed by atoms with Crippen molar-refractivity contribution in [2.45, 2.75) is 40.0 Å². The lowest BCUT2D eigenvalue weighted by molar-refractivity contribution is 0.814. The van der Waals surface area contributed by atoms with Crippen LogP contribution < -0.4 is 0 Å². The summed E-state index contributed by atoms with van der Waals surface area (Å²) in [5.74, 6) is 0. The molecule has 0 atom stereocenters. The Morgan fingerprint density at radius 2 is 2.00 bits per heavy atom. The lowest BCUT2D eigenvalue weighted by Gasteiger charge is -1.92. The first kappa shape index (κ1) is 11.2. The van der Waals surface area contributed by atoms with Crippen LogP contribution in [0.2, 0.25) is 0 Å². The molecular weight excluding hydrogens is 144 g/mol. The number of rotatable bonds is 5. The van der Waals surface area contributed by atoms with Crippen LogP contribution in [0.25, 0.3) is 0 Å². The molecule has 0 aromatic carbocycles. The first-order valence-electron chi connectivity index (χ1n) is 4.67. The van der Waals surface area contributed by atoms with E-state index in [0.717, 1.165) is 5.57 Å². The number of unbranched alkanes of at least 4 members (excludes halogenated alkanes) is 2. The highest BCUT2D eigenvalue weighted by Crippen LogP contribution is 2.03. The molecule has 0 aliphatic rings. The van der Waals surface area contributed by atoms with Gasteiger partial charge >= 0.3 is 0 Å². The van der Waals surface area contributed by atoms with E-state index in [1.165, 1.54) is 24.8 Å². The SMILES string of the molecule is C=C(C)/C=C(C)/C=C/CCCC. The van der Waals surface area contributed by atoms with Gasteiger partial charge in [0.2, 0.25) is 0 Å². The Morgan fingerprint density at radius 1 is 1.33 bits per heavy atom. The van der Waals surface area contributed by atoms with E-state index in [1.807, 2.05) is 6.92 Å². The largest absolute Gasteiger partial charge is 0.0961 e. The van der Waals surface area contributed by atoms with Gasteiger partial charge in [0, 0.05) is 0 Å². The fourth-order valence-electron chi connectivity index (χ4n) is 1.03. The molecule has 0 aliphatic heterocycles. The van der Waals surface area contributed by atoms with E-state index < -0.39 is 0 Å². The molecular formula is C12H20. The Hall–Kier alpha value is -0.780. The molecule has 12 heavy (non-hydrogen) atoms. The Bertz CT molecular complexity index is 182. The maximum absolute atomic E-state index is 3.83. The van der Waals surface area contributed by atoms with Gasteiger partial charge in [-0.15, -0.1) is 0 Å². The second-order valence-electron chi connectivity index (χ2n) is 3.28. The molecule has 0 bridgehead atoms. The van der Waals surface area contributed by atoms with Crippen LogP contribution in [0.4, 0.5) is 0 Å². The van der Waals surface area contributed by atoms with Crippen LogP contribution in [0, 0.1) is 0 Å². The van der Waals surface area contributed by atoms with Gasteiger partial charge in [0.1, 0.15) is 0 Å². The van der Waals surface area contributed by atoms with Crippen molar-refractivity contribution >= 4 is 0 Å². The Kier molecular flexibility index (Phi) is 6.45. The zero-order valence-electron chi connectivity index (χ0n) is 8.56. The molecule has 0 aromatic rings. The van der Waals surface area contributed by atoms with Crippen LogP contribution >= 0.6 is 0 Å². The number of hydrogen-bond acceptors (Lipinski definition) is 0. The average Bonchev–Trinajstić information content (AvgIpc) is 1.97. The van der Waals surface area contributed by atoms with Crippen molar-refractivity contribution in [3.63, 3.8) is 0 Å². The molecule has 0 heteroatoms. The van der Waals surface area contributed by atoms with Gasteiger partial charge < -0.3 is 0 Å². The summed E-state index contributed by atoms with van der Waals surface area (Å²) < 4.78 is 0. The van der Waals surface area contributed by atoms with Crippen LogP contribution in [0.5, 0.6) is 0 Å². The smallest absolute Gasteiger partial charge is 0.0348 e. The minimum Gasteiger partial charge on any atom is -0.0961 e. The van der Waals surface area contributed by atoms with Crippen molar-refractivity contribution in [1.29, 1.82) is 0 Å². The first-order valence-corrected chi connectivity index (χ1v) is 4.67. The van der Waals surface area contributed by atoms with Crippen molar-refractivity contribution in [2.75, 3.05) is 0 Å². The fraction of sp³-hybridized carbons (Fsp3) is 0.500. The fourth-order valence-corrected chi connectivity index (χ4v) is 1.03. The van der Waals surface area contributed by atoms with Crippen LogP contribution in [0.15, 0.2) is 36.0 Å². The molecule has 0 aromatic heterocycles. The van der Waals surface area contributed by atoms with Crippen molar-refractivity contribution in [3.8, 4) is 0 Å². The second kappa shape index (κ2) is 6.90. The summed E-state index contributed by atoms with van der Waals surface area (Å²) in [6.45, 7) is 10.2. The highest BCUT2D eigenvalue weighted by molar-refractivity contribution is 5.25. The normalized spacial score (nSPS) is 12.4. The minimum atomic E-state index is 1.12. The predicted molar refractivity (Wildman–Crippen MR) is 57.2 cm³/mol. The maximum atomic E-state index is 3.83. The topological polar surface area (TPSA) is 0 Å². The summed E-state index contributed by atoms with van der Waals surface area (Å²) in [7, 11) is 0. The van der Waals surface area contributed by atoms with Crippen LogP contribution in [-0.4, -0.2) is 0 Å². The molecule has 0 saturated heterocycles. The standard InChI is InChI=1S/C12H20/c1-5-6-7-8-9-12(4)10-11(2)3/h8-10H,2,5-7H2,1,3-4H3/b9-8+,12-10+. The predicted octanol–water partition coefficient (Wildman–Crippen LogP) is 4.26. The van der Waals surface area contributed by atoms with Crippen molar-refractivity contribution in [1.82, 2.24) is 0 Å². The summed E-state index contributed by atoms with van der Waals surface area (Å²) in [5.41, 5.74) is 2.41. The molecule has 0 N–H and O–H groups in total. The summed E-state index contributed by atoms with van der Waals surface area (Å²) in [5, 5.41) is 0. The zero-order valence-corrected chi connectivity index (χ0v) is 8.56. The third-order valence-corrected chi connectivity index (χ3v) is 1.58. The van der Waals surface area contributed by atoms with Gasteiger partial charge in [-0.2, -0.15) is 0 Å². The molecule has 0 spiro atoms. The molecule has 0 amide bonds. The van der Waals surface area contributed by atoms with E-state index in [-0.39, 0.29) is 0 Å². The van der Waals surface area contributed by atoms with Gasteiger partial charge in [0.15, 0.2) is 0 Å². The molecule has 0 nitrogen and oxygen atoms in total. The zero-order chi connectivity index (χ0) is 9.40. The molecule has 0 unspecified atom stereocenters. The van der Waals surface area contributed by atoms with E-state index in [4.69, 9.17) is 0 Å². The summed E-state index contributed by atoms with van der Waals surface area (Å²) in [6, 6.07) is 0.